The summed E-state index contributed by atoms with van der Waals surface area (Å²) in [6, 6.07) is 0. The number of hydrogen-bond acceptors (Lipinski definition) is 9. The van der Waals surface area contributed by atoms with E-state index in [-0.39, 0.29) is 25.2 Å². The lowest BCUT2D eigenvalue weighted by atomic mass is 10.3. The van der Waals surface area contributed by atoms with Gasteiger partial charge in [0.05, 0.1) is 25.0 Å². The van der Waals surface area contributed by atoms with Gasteiger partial charge in [-0.3, -0.25) is 19.2 Å². The van der Waals surface area contributed by atoms with Gasteiger partial charge in [0.2, 0.25) is 0 Å². The zero-order valence-corrected chi connectivity index (χ0v) is 14.0. The highest BCUT2D eigenvalue weighted by atomic mass is 16.6. The SMILES string of the molecule is CC(=O)CC(=O)OCC(COC(=O)CC(C)O)OC(=O)CC(C)O. The number of esters is 3. The van der Waals surface area contributed by atoms with E-state index in [0.29, 0.717) is 0 Å². The van der Waals surface area contributed by atoms with E-state index in [0.717, 1.165) is 0 Å². The topological polar surface area (TPSA) is 136 Å². The van der Waals surface area contributed by atoms with Crippen LogP contribution in [0.3, 0.4) is 0 Å². The third kappa shape index (κ3) is 12.5. The molecule has 0 aromatic carbocycles. The maximum Gasteiger partial charge on any atom is 0.313 e. The summed E-state index contributed by atoms with van der Waals surface area (Å²) < 4.78 is 14.6. The lowest BCUT2D eigenvalue weighted by Gasteiger charge is -2.18. The van der Waals surface area contributed by atoms with Crippen LogP contribution in [0.1, 0.15) is 40.0 Å². The zero-order chi connectivity index (χ0) is 18.7. The maximum atomic E-state index is 11.6. The minimum absolute atomic E-state index is 0.238. The normalized spacial score (nSPS) is 14.2. The number of carbonyl (C=O) groups is 4. The summed E-state index contributed by atoms with van der Waals surface area (Å²) in [6.45, 7) is 3.24. The second-order valence-electron chi connectivity index (χ2n) is 5.46. The lowest BCUT2D eigenvalue weighted by molar-refractivity contribution is -0.168. The van der Waals surface area contributed by atoms with Crippen LogP contribution in [0.25, 0.3) is 0 Å². The molecule has 0 spiro atoms. The first kappa shape index (κ1) is 22.0. The summed E-state index contributed by atoms with van der Waals surface area (Å²) in [4.78, 5) is 45.1. The molecule has 0 aliphatic rings. The van der Waals surface area contributed by atoms with Gasteiger partial charge in [0.1, 0.15) is 25.4 Å². The van der Waals surface area contributed by atoms with Gasteiger partial charge in [-0.15, -0.1) is 0 Å². The molecule has 138 valence electrons. The number of rotatable bonds is 11. The minimum Gasteiger partial charge on any atom is -0.462 e. The van der Waals surface area contributed by atoms with Gasteiger partial charge in [-0.1, -0.05) is 0 Å². The van der Waals surface area contributed by atoms with Crippen LogP contribution < -0.4 is 0 Å². The van der Waals surface area contributed by atoms with Gasteiger partial charge in [0, 0.05) is 0 Å². The highest BCUT2D eigenvalue weighted by Gasteiger charge is 2.21. The van der Waals surface area contributed by atoms with Gasteiger partial charge in [0.15, 0.2) is 6.10 Å². The molecule has 0 saturated heterocycles. The first-order valence-corrected chi connectivity index (χ1v) is 7.46. The zero-order valence-electron chi connectivity index (χ0n) is 14.0. The number of aliphatic hydroxyl groups is 2. The Kier molecular flexibility index (Phi) is 10.6. The number of aliphatic hydroxyl groups excluding tert-OH is 2. The van der Waals surface area contributed by atoms with Crippen LogP contribution in [0.15, 0.2) is 0 Å². The van der Waals surface area contributed by atoms with Crippen molar-refractivity contribution in [3.63, 3.8) is 0 Å². The van der Waals surface area contributed by atoms with Crippen molar-refractivity contribution in [3.8, 4) is 0 Å². The van der Waals surface area contributed by atoms with Crippen LogP contribution >= 0.6 is 0 Å². The summed E-state index contributed by atoms with van der Waals surface area (Å²) in [5, 5.41) is 18.2. The Morgan fingerprint density at radius 1 is 0.833 bits per heavy atom. The number of hydrogen-bond donors (Lipinski definition) is 2. The van der Waals surface area contributed by atoms with Crippen molar-refractivity contribution < 1.29 is 43.6 Å². The van der Waals surface area contributed by atoms with Crippen LogP contribution in [-0.4, -0.2) is 65.4 Å². The van der Waals surface area contributed by atoms with Crippen LogP contribution in [0.5, 0.6) is 0 Å². The van der Waals surface area contributed by atoms with Gasteiger partial charge in [-0.05, 0) is 20.8 Å². The highest BCUT2D eigenvalue weighted by Crippen LogP contribution is 2.04. The second-order valence-corrected chi connectivity index (χ2v) is 5.46. The van der Waals surface area contributed by atoms with E-state index >= 15 is 0 Å². The highest BCUT2D eigenvalue weighted by molar-refractivity contribution is 5.94. The lowest BCUT2D eigenvalue weighted by Crippen LogP contribution is -2.32. The third-order valence-corrected chi connectivity index (χ3v) is 2.48. The molecule has 0 aromatic heterocycles. The van der Waals surface area contributed by atoms with E-state index in [9.17, 15) is 19.2 Å². The molecule has 3 unspecified atom stereocenters. The smallest absolute Gasteiger partial charge is 0.313 e. The Bertz CT molecular complexity index is 442. The van der Waals surface area contributed by atoms with E-state index < -0.39 is 49.2 Å². The van der Waals surface area contributed by atoms with Gasteiger partial charge in [-0.2, -0.15) is 0 Å². The second kappa shape index (κ2) is 11.5. The molecule has 2 N–H and O–H groups in total. The molecule has 0 amide bonds. The summed E-state index contributed by atoms with van der Waals surface area (Å²) in [6.07, 6.45) is -3.82. The molecule has 0 aliphatic carbocycles. The van der Waals surface area contributed by atoms with Crippen LogP contribution in [0, 0.1) is 0 Å². The maximum absolute atomic E-state index is 11.6. The molecule has 0 radical (unpaired) electrons. The molecule has 0 fully saturated rings. The van der Waals surface area contributed by atoms with Gasteiger partial charge in [-0.25, -0.2) is 0 Å². The Morgan fingerprint density at radius 3 is 1.75 bits per heavy atom. The van der Waals surface area contributed by atoms with E-state index in [1.807, 2.05) is 0 Å². The minimum atomic E-state index is -1.08. The van der Waals surface area contributed by atoms with Crippen molar-refractivity contribution in [2.45, 2.75) is 58.3 Å². The van der Waals surface area contributed by atoms with Crippen molar-refractivity contribution in [2.75, 3.05) is 13.2 Å². The Labute approximate surface area is 139 Å². The molecule has 0 saturated carbocycles. The first-order chi connectivity index (χ1) is 11.1. The fourth-order valence-electron chi connectivity index (χ4n) is 1.52. The summed E-state index contributed by atoms with van der Waals surface area (Å²) in [5.41, 5.74) is 0. The fourth-order valence-corrected chi connectivity index (χ4v) is 1.52. The third-order valence-electron chi connectivity index (χ3n) is 2.48. The van der Waals surface area contributed by atoms with Crippen LogP contribution in [0.4, 0.5) is 0 Å². The molecule has 9 nitrogen and oxygen atoms in total. The fraction of sp³-hybridized carbons (Fsp3) is 0.733. The van der Waals surface area contributed by atoms with E-state index in [1.165, 1.54) is 20.8 Å². The summed E-state index contributed by atoms with van der Waals surface area (Å²) in [5.74, 6) is -2.65. The number of carbonyl (C=O) groups excluding carboxylic acids is 4. The summed E-state index contributed by atoms with van der Waals surface area (Å²) in [7, 11) is 0. The number of ketones is 1. The van der Waals surface area contributed by atoms with Gasteiger partial charge >= 0.3 is 17.9 Å². The molecule has 3 atom stereocenters. The van der Waals surface area contributed by atoms with Crippen molar-refractivity contribution in [2.24, 2.45) is 0 Å². The standard InChI is InChI=1S/C15H24O9/c1-9(16)4-13(19)22-7-12(24-15(21)6-11(3)18)8-23-14(20)5-10(2)17/h9,11-12,16,18H,4-8H2,1-3H3. The summed E-state index contributed by atoms with van der Waals surface area (Å²) >= 11 is 0. The first-order valence-electron chi connectivity index (χ1n) is 7.46. The molecule has 9 heteroatoms. The van der Waals surface area contributed by atoms with Gasteiger partial charge < -0.3 is 24.4 Å². The van der Waals surface area contributed by atoms with Crippen LogP contribution in [-0.2, 0) is 33.4 Å². The van der Waals surface area contributed by atoms with Crippen molar-refractivity contribution in [1.29, 1.82) is 0 Å². The number of ether oxygens (including phenoxy) is 3. The Morgan fingerprint density at radius 2 is 1.29 bits per heavy atom. The molecular formula is C15H24O9. The van der Waals surface area contributed by atoms with Crippen LogP contribution in [0.2, 0.25) is 0 Å². The average molecular weight is 348 g/mol. The molecule has 0 heterocycles. The predicted molar refractivity (Wildman–Crippen MR) is 79.7 cm³/mol. The molecule has 0 bridgehead atoms. The molecular weight excluding hydrogens is 324 g/mol. The van der Waals surface area contributed by atoms with E-state index in [4.69, 9.17) is 24.4 Å². The quantitative estimate of drug-likeness (QED) is 0.288. The van der Waals surface area contributed by atoms with Crippen molar-refractivity contribution >= 4 is 23.7 Å². The Hall–Kier alpha value is -2.00. The number of Topliss-reactive ketones (excluding diaryl/α,β-unsaturated/α-hetero) is 1. The monoisotopic (exact) mass is 348 g/mol. The van der Waals surface area contributed by atoms with Gasteiger partial charge in [0.25, 0.3) is 0 Å². The molecule has 0 aromatic rings. The predicted octanol–water partition coefficient (Wildman–Crippen LogP) is -0.494. The molecule has 24 heavy (non-hydrogen) atoms. The Balaban J connectivity index is 4.52. The van der Waals surface area contributed by atoms with E-state index in [2.05, 4.69) is 0 Å². The average Bonchev–Trinajstić information content (AvgIpc) is 2.39. The largest absolute Gasteiger partial charge is 0.462 e. The van der Waals surface area contributed by atoms with Crippen molar-refractivity contribution in [3.05, 3.63) is 0 Å². The van der Waals surface area contributed by atoms with Crippen molar-refractivity contribution in [1.82, 2.24) is 0 Å². The molecule has 0 rings (SSSR count). The molecule has 0 aliphatic heterocycles. The van der Waals surface area contributed by atoms with E-state index in [1.54, 1.807) is 0 Å².